The molecular weight excluding hydrogens is 404 g/mol. The molecule has 2 aromatic carbocycles. The summed E-state index contributed by atoms with van der Waals surface area (Å²) < 4.78 is 7.35. The summed E-state index contributed by atoms with van der Waals surface area (Å²) in [4.78, 5) is 21.4. The molecule has 0 amide bonds. The van der Waals surface area contributed by atoms with Crippen LogP contribution in [0.5, 0.6) is 0 Å². The molecule has 1 aliphatic heterocycles. The van der Waals surface area contributed by atoms with Gasteiger partial charge in [0.25, 0.3) is 0 Å². The lowest BCUT2D eigenvalue weighted by Crippen LogP contribution is -2.38. The van der Waals surface area contributed by atoms with E-state index in [1.54, 1.807) is 4.68 Å². The number of aromatic nitrogens is 4. The van der Waals surface area contributed by atoms with Gasteiger partial charge < -0.3 is 20.6 Å². The Labute approximate surface area is 185 Å². The molecule has 5 rings (SSSR count). The van der Waals surface area contributed by atoms with E-state index < -0.39 is 11.5 Å². The first-order valence-electron chi connectivity index (χ1n) is 10.6. The van der Waals surface area contributed by atoms with Crippen molar-refractivity contribution in [3.63, 3.8) is 0 Å². The Hall–Kier alpha value is -3.78. The molecule has 2 aromatic heterocycles. The van der Waals surface area contributed by atoms with E-state index >= 15 is 0 Å². The molecule has 0 aliphatic carbocycles. The van der Waals surface area contributed by atoms with Crippen LogP contribution in [0, 0.1) is 0 Å². The molecular formula is C24H24N6O2. The van der Waals surface area contributed by atoms with Gasteiger partial charge in [-0.25, -0.2) is 14.6 Å². The number of benzene rings is 2. The summed E-state index contributed by atoms with van der Waals surface area (Å²) in [7, 11) is 0. The molecule has 2 atom stereocenters. The zero-order valence-corrected chi connectivity index (χ0v) is 17.9. The van der Waals surface area contributed by atoms with Crippen LogP contribution < -0.4 is 11.1 Å². The molecule has 162 valence electrons. The molecule has 4 aromatic rings. The van der Waals surface area contributed by atoms with Crippen molar-refractivity contribution in [2.75, 3.05) is 17.7 Å². The van der Waals surface area contributed by atoms with Crippen molar-refractivity contribution in [1.29, 1.82) is 0 Å². The predicted molar refractivity (Wildman–Crippen MR) is 123 cm³/mol. The molecule has 0 bridgehead atoms. The van der Waals surface area contributed by atoms with E-state index in [9.17, 15) is 4.79 Å². The second kappa shape index (κ2) is 7.72. The first-order chi connectivity index (χ1) is 15.6. The van der Waals surface area contributed by atoms with Crippen molar-refractivity contribution < 1.29 is 9.53 Å². The lowest BCUT2D eigenvalue weighted by molar-refractivity contribution is -0.109. The van der Waals surface area contributed by atoms with Gasteiger partial charge in [-0.05, 0) is 25.5 Å². The Morgan fingerprint density at radius 3 is 2.66 bits per heavy atom. The molecule has 2 unspecified atom stereocenters. The van der Waals surface area contributed by atoms with E-state index in [0.29, 0.717) is 36.5 Å². The van der Waals surface area contributed by atoms with Gasteiger partial charge in [0.1, 0.15) is 30.3 Å². The van der Waals surface area contributed by atoms with Crippen molar-refractivity contribution in [2.45, 2.75) is 32.0 Å². The zero-order chi connectivity index (χ0) is 22.3. The van der Waals surface area contributed by atoms with Crippen molar-refractivity contribution in [2.24, 2.45) is 0 Å². The standard InChI is InChI=1S/C24H24N6O2/c1-3-32-14-30-17-12-8-7-11-16(17)20(29-30)23-27-21(25)19-22(28-23)26-18(13-31)24(19,2)15-9-5-4-6-10-15/h4-13,18H,3,14H2,1-2H3,(H3,25,26,27,28). The normalized spacial score (nSPS) is 19.6. The van der Waals surface area contributed by atoms with Crippen LogP contribution in [0.4, 0.5) is 11.6 Å². The monoisotopic (exact) mass is 428 g/mol. The number of fused-ring (bicyclic) bond motifs is 2. The fourth-order valence-electron chi connectivity index (χ4n) is 4.49. The number of hydrogen-bond donors (Lipinski definition) is 2. The van der Waals surface area contributed by atoms with Gasteiger partial charge in [0.2, 0.25) is 0 Å². The summed E-state index contributed by atoms with van der Waals surface area (Å²) >= 11 is 0. The van der Waals surface area contributed by atoms with Gasteiger partial charge in [0.15, 0.2) is 5.82 Å². The van der Waals surface area contributed by atoms with Crippen LogP contribution in [0.2, 0.25) is 0 Å². The van der Waals surface area contributed by atoms with E-state index in [4.69, 9.17) is 20.6 Å². The van der Waals surface area contributed by atoms with Crippen LogP contribution in [-0.2, 0) is 21.7 Å². The first-order valence-corrected chi connectivity index (χ1v) is 10.6. The third-order valence-electron chi connectivity index (χ3n) is 6.17. The average Bonchev–Trinajstić information content (AvgIpc) is 3.34. The van der Waals surface area contributed by atoms with Crippen LogP contribution in [0.1, 0.15) is 25.0 Å². The number of hydrogen-bond acceptors (Lipinski definition) is 7. The largest absolute Gasteiger partial charge is 0.383 e. The molecule has 8 nitrogen and oxygen atoms in total. The maximum Gasteiger partial charge on any atom is 0.184 e. The predicted octanol–water partition coefficient (Wildman–Crippen LogP) is 3.37. The number of nitrogen functional groups attached to an aromatic ring is 1. The Morgan fingerprint density at radius 1 is 1.16 bits per heavy atom. The van der Waals surface area contributed by atoms with Crippen LogP contribution >= 0.6 is 0 Å². The van der Waals surface area contributed by atoms with Crippen LogP contribution in [0.3, 0.4) is 0 Å². The van der Waals surface area contributed by atoms with Gasteiger partial charge >= 0.3 is 0 Å². The minimum absolute atomic E-state index is 0.328. The van der Waals surface area contributed by atoms with Gasteiger partial charge in [-0.2, -0.15) is 5.10 Å². The Kier molecular flexibility index (Phi) is 4.86. The Balaban J connectivity index is 1.67. The topological polar surface area (TPSA) is 108 Å². The fourth-order valence-corrected chi connectivity index (χ4v) is 4.49. The van der Waals surface area contributed by atoms with Crippen molar-refractivity contribution in [3.05, 3.63) is 65.7 Å². The second-order valence-electron chi connectivity index (χ2n) is 7.97. The number of anilines is 2. The molecule has 0 saturated carbocycles. The summed E-state index contributed by atoms with van der Waals surface area (Å²) in [6.45, 7) is 4.84. The SMILES string of the molecule is CCOCn1nc(-c2nc(N)c3c(n2)NC(C=O)C3(C)c2ccccc2)c2ccccc21. The van der Waals surface area contributed by atoms with Crippen LogP contribution in [-0.4, -0.2) is 38.7 Å². The number of rotatable bonds is 6. The molecule has 3 heterocycles. The smallest absolute Gasteiger partial charge is 0.184 e. The lowest BCUT2D eigenvalue weighted by atomic mass is 9.73. The van der Waals surface area contributed by atoms with Gasteiger partial charge in [0, 0.05) is 17.6 Å². The Bertz CT molecular complexity index is 1300. The van der Waals surface area contributed by atoms with Crippen molar-refractivity contribution in [1.82, 2.24) is 19.7 Å². The summed E-state index contributed by atoms with van der Waals surface area (Å²) in [6, 6.07) is 17.2. The van der Waals surface area contributed by atoms with E-state index in [0.717, 1.165) is 28.3 Å². The number of carbonyl (C=O) groups excluding carboxylic acids is 1. The van der Waals surface area contributed by atoms with E-state index in [1.165, 1.54) is 0 Å². The van der Waals surface area contributed by atoms with E-state index in [-0.39, 0.29) is 0 Å². The third kappa shape index (κ3) is 2.95. The van der Waals surface area contributed by atoms with E-state index in [1.807, 2.05) is 68.4 Å². The van der Waals surface area contributed by atoms with Gasteiger partial charge in [-0.1, -0.05) is 48.5 Å². The molecule has 0 saturated heterocycles. The highest BCUT2D eigenvalue weighted by atomic mass is 16.5. The van der Waals surface area contributed by atoms with Gasteiger partial charge in [0.05, 0.1) is 17.0 Å². The van der Waals surface area contributed by atoms with Crippen molar-refractivity contribution >= 4 is 28.8 Å². The summed E-state index contributed by atoms with van der Waals surface area (Å²) in [5, 5.41) is 8.87. The highest BCUT2D eigenvalue weighted by Gasteiger charge is 2.47. The Morgan fingerprint density at radius 2 is 1.91 bits per heavy atom. The number of para-hydroxylation sites is 1. The number of nitrogens with two attached hydrogens (primary N) is 1. The second-order valence-corrected chi connectivity index (χ2v) is 7.97. The average molecular weight is 428 g/mol. The van der Waals surface area contributed by atoms with Gasteiger partial charge in [-0.15, -0.1) is 0 Å². The molecule has 0 spiro atoms. The summed E-state index contributed by atoms with van der Waals surface area (Å²) in [5.41, 5.74) is 9.06. The maximum absolute atomic E-state index is 12.0. The zero-order valence-electron chi connectivity index (χ0n) is 17.9. The quantitative estimate of drug-likeness (QED) is 0.453. The van der Waals surface area contributed by atoms with Crippen LogP contribution in [0.15, 0.2) is 54.6 Å². The number of nitrogens with zero attached hydrogens (tertiary/aromatic N) is 4. The van der Waals surface area contributed by atoms with E-state index in [2.05, 4.69) is 10.3 Å². The number of carbonyl (C=O) groups is 1. The molecule has 0 radical (unpaired) electrons. The number of aldehydes is 1. The molecule has 0 fully saturated rings. The highest BCUT2D eigenvalue weighted by Crippen LogP contribution is 2.47. The molecule has 32 heavy (non-hydrogen) atoms. The molecule has 8 heteroatoms. The minimum Gasteiger partial charge on any atom is -0.383 e. The van der Waals surface area contributed by atoms with Gasteiger partial charge in [-0.3, -0.25) is 0 Å². The lowest BCUT2D eigenvalue weighted by Gasteiger charge is -2.29. The van der Waals surface area contributed by atoms with Crippen molar-refractivity contribution in [3.8, 4) is 11.5 Å². The molecule has 1 aliphatic rings. The minimum atomic E-state index is -0.683. The highest BCUT2D eigenvalue weighted by molar-refractivity contribution is 5.92. The maximum atomic E-state index is 12.0. The summed E-state index contributed by atoms with van der Waals surface area (Å²) in [5.74, 6) is 1.29. The number of ether oxygens (including phenoxy) is 1. The number of nitrogens with one attached hydrogen (secondary N) is 1. The van der Waals surface area contributed by atoms with Crippen LogP contribution in [0.25, 0.3) is 22.4 Å². The third-order valence-corrected chi connectivity index (χ3v) is 6.17. The molecule has 3 N–H and O–H groups in total. The fraction of sp³-hybridized carbons (Fsp3) is 0.250. The summed E-state index contributed by atoms with van der Waals surface area (Å²) in [6.07, 6.45) is 0.903. The first kappa shape index (κ1) is 20.1.